The molecule has 1 heterocycles. The van der Waals surface area contributed by atoms with Crippen molar-refractivity contribution >= 4 is 27.8 Å². The molecule has 2 amide bonds. The van der Waals surface area contributed by atoms with Crippen LogP contribution in [0.25, 0.3) is 0 Å². The van der Waals surface area contributed by atoms with Crippen molar-refractivity contribution in [3.8, 4) is 0 Å². The number of amides is 2. The Kier molecular flexibility index (Phi) is 5.46. The van der Waals surface area contributed by atoms with E-state index in [-0.39, 0.29) is 16.4 Å². The van der Waals surface area contributed by atoms with Gasteiger partial charge in [-0.25, -0.2) is 17.5 Å². The molecule has 0 saturated carbocycles. The van der Waals surface area contributed by atoms with E-state index < -0.39 is 40.4 Å². The van der Waals surface area contributed by atoms with E-state index in [4.69, 9.17) is 0 Å². The van der Waals surface area contributed by atoms with Gasteiger partial charge in [0.25, 0.3) is 15.9 Å². The van der Waals surface area contributed by atoms with Gasteiger partial charge in [-0.2, -0.15) is 0 Å². The third-order valence-corrected chi connectivity index (χ3v) is 5.97. The van der Waals surface area contributed by atoms with Crippen LogP contribution in [0, 0.1) is 5.92 Å². The van der Waals surface area contributed by atoms with E-state index in [2.05, 4.69) is 10.1 Å². The monoisotopic (exact) mass is 368 g/mol. The number of methoxy groups -OCH3 is 1. The molecule has 2 rings (SSSR count). The van der Waals surface area contributed by atoms with Crippen molar-refractivity contribution < 1.29 is 27.5 Å². The summed E-state index contributed by atoms with van der Waals surface area (Å²) in [6.07, 6.45) is 0.604. The van der Waals surface area contributed by atoms with Crippen LogP contribution < -0.4 is 5.32 Å². The van der Waals surface area contributed by atoms with Gasteiger partial charge in [-0.1, -0.05) is 32.4 Å². The first-order valence-electron chi connectivity index (χ1n) is 7.77. The van der Waals surface area contributed by atoms with Crippen molar-refractivity contribution in [2.24, 2.45) is 5.92 Å². The van der Waals surface area contributed by atoms with Gasteiger partial charge in [-0.3, -0.25) is 9.59 Å². The largest absolute Gasteiger partial charge is 0.467 e. The van der Waals surface area contributed by atoms with E-state index in [1.54, 1.807) is 13.0 Å². The fourth-order valence-corrected chi connectivity index (χ4v) is 4.06. The molecule has 1 aromatic carbocycles. The Morgan fingerprint density at radius 1 is 1.28 bits per heavy atom. The van der Waals surface area contributed by atoms with Crippen molar-refractivity contribution in [1.29, 1.82) is 0 Å². The lowest BCUT2D eigenvalue weighted by atomic mass is 9.99. The highest BCUT2D eigenvalue weighted by molar-refractivity contribution is 7.90. The second kappa shape index (κ2) is 7.22. The number of sulfonamides is 1. The Morgan fingerprint density at radius 3 is 2.48 bits per heavy atom. The number of hydrogen-bond acceptors (Lipinski definition) is 6. The molecule has 25 heavy (non-hydrogen) atoms. The van der Waals surface area contributed by atoms with Gasteiger partial charge < -0.3 is 10.1 Å². The van der Waals surface area contributed by atoms with E-state index in [9.17, 15) is 22.8 Å². The lowest BCUT2D eigenvalue weighted by molar-refractivity contribution is -0.146. The van der Waals surface area contributed by atoms with Crippen LogP contribution in [0.4, 0.5) is 0 Å². The van der Waals surface area contributed by atoms with Crippen LogP contribution >= 0.6 is 0 Å². The normalized spacial score (nSPS) is 17.6. The second-order valence-corrected chi connectivity index (χ2v) is 7.60. The van der Waals surface area contributed by atoms with Gasteiger partial charge >= 0.3 is 5.97 Å². The third-order valence-electron chi connectivity index (χ3n) is 4.18. The molecule has 0 fully saturated rings. The molecule has 1 aromatic rings. The van der Waals surface area contributed by atoms with Crippen LogP contribution in [0.2, 0.25) is 0 Å². The first kappa shape index (κ1) is 18.9. The van der Waals surface area contributed by atoms with Gasteiger partial charge in [0.05, 0.1) is 12.7 Å². The third kappa shape index (κ3) is 3.51. The smallest absolute Gasteiger partial charge is 0.328 e. The number of rotatable bonds is 6. The van der Waals surface area contributed by atoms with Crippen molar-refractivity contribution in [3.05, 3.63) is 29.8 Å². The summed E-state index contributed by atoms with van der Waals surface area (Å²) in [6, 6.07) is 4.85. The van der Waals surface area contributed by atoms with Crippen molar-refractivity contribution in [2.45, 2.75) is 31.2 Å². The Labute approximate surface area is 146 Å². The van der Waals surface area contributed by atoms with E-state index in [0.717, 1.165) is 0 Å². The van der Waals surface area contributed by atoms with Crippen LogP contribution in [0.15, 0.2) is 29.2 Å². The molecule has 1 aliphatic heterocycles. The summed E-state index contributed by atoms with van der Waals surface area (Å²) in [4.78, 5) is 36.2. The Hall–Kier alpha value is -2.42. The highest BCUT2D eigenvalue weighted by atomic mass is 32.2. The predicted molar refractivity (Wildman–Crippen MR) is 88.1 cm³/mol. The molecular weight excluding hydrogens is 348 g/mol. The minimum absolute atomic E-state index is 0.0294. The topological polar surface area (TPSA) is 110 Å². The number of hydrogen-bond donors (Lipinski definition) is 1. The number of nitrogens with zero attached hydrogens (tertiary/aromatic N) is 1. The highest BCUT2D eigenvalue weighted by Crippen LogP contribution is 2.29. The van der Waals surface area contributed by atoms with Crippen molar-refractivity contribution in [1.82, 2.24) is 9.62 Å². The number of nitrogens with one attached hydrogen (secondary N) is 1. The lowest BCUT2D eigenvalue weighted by Crippen LogP contribution is -2.49. The average molecular weight is 368 g/mol. The SMILES string of the molecule is CC[C@H](C)[C@@H](NC(=O)CN1C(=O)c2ccccc2S1(=O)=O)C(=O)OC. The number of carbonyl (C=O) groups is 3. The highest BCUT2D eigenvalue weighted by Gasteiger charge is 2.42. The van der Waals surface area contributed by atoms with E-state index in [0.29, 0.717) is 10.7 Å². The molecule has 0 saturated heterocycles. The zero-order valence-electron chi connectivity index (χ0n) is 14.2. The summed E-state index contributed by atoms with van der Waals surface area (Å²) in [5, 5.41) is 2.46. The van der Waals surface area contributed by atoms with Gasteiger partial charge in [0.1, 0.15) is 17.5 Å². The molecule has 8 nitrogen and oxygen atoms in total. The molecule has 9 heteroatoms. The van der Waals surface area contributed by atoms with Gasteiger partial charge in [0, 0.05) is 0 Å². The summed E-state index contributed by atoms with van der Waals surface area (Å²) < 4.78 is 30.0. The zero-order chi connectivity index (χ0) is 18.8. The Bertz CT molecular complexity index is 805. The van der Waals surface area contributed by atoms with Gasteiger partial charge in [-0.15, -0.1) is 0 Å². The average Bonchev–Trinajstić information content (AvgIpc) is 2.79. The van der Waals surface area contributed by atoms with Crippen molar-refractivity contribution in [3.63, 3.8) is 0 Å². The molecule has 136 valence electrons. The Balaban J connectivity index is 2.18. The van der Waals surface area contributed by atoms with Crippen LogP contribution in [0.5, 0.6) is 0 Å². The summed E-state index contributed by atoms with van der Waals surface area (Å²) in [7, 11) is -2.87. The second-order valence-electron chi connectivity index (χ2n) is 5.77. The fraction of sp³-hybridized carbons (Fsp3) is 0.438. The fourth-order valence-electron chi connectivity index (χ4n) is 2.53. The molecular formula is C16H20N2O6S. The summed E-state index contributed by atoms with van der Waals surface area (Å²) >= 11 is 0. The maximum absolute atomic E-state index is 12.4. The molecule has 1 N–H and O–H groups in total. The maximum atomic E-state index is 12.4. The molecule has 0 unspecified atom stereocenters. The number of ether oxygens (including phenoxy) is 1. The van der Waals surface area contributed by atoms with Crippen LogP contribution in [0.3, 0.4) is 0 Å². The molecule has 2 atom stereocenters. The molecule has 0 radical (unpaired) electrons. The minimum Gasteiger partial charge on any atom is -0.467 e. The number of esters is 1. The lowest BCUT2D eigenvalue weighted by Gasteiger charge is -2.23. The molecule has 0 aromatic heterocycles. The Morgan fingerprint density at radius 2 is 1.92 bits per heavy atom. The number of fused-ring (bicyclic) bond motifs is 1. The van der Waals surface area contributed by atoms with E-state index in [1.165, 1.54) is 25.3 Å². The molecule has 0 bridgehead atoms. The van der Waals surface area contributed by atoms with Gasteiger partial charge in [0.2, 0.25) is 5.91 Å². The van der Waals surface area contributed by atoms with E-state index >= 15 is 0 Å². The van der Waals surface area contributed by atoms with E-state index in [1.807, 2.05) is 6.92 Å². The zero-order valence-corrected chi connectivity index (χ0v) is 15.0. The summed E-state index contributed by atoms with van der Waals surface area (Å²) in [6.45, 7) is 2.91. The summed E-state index contributed by atoms with van der Waals surface area (Å²) in [5.41, 5.74) is 0.0294. The predicted octanol–water partition coefficient (Wildman–Crippen LogP) is 0.535. The molecule has 0 aliphatic carbocycles. The molecule has 1 aliphatic rings. The maximum Gasteiger partial charge on any atom is 0.328 e. The van der Waals surface area contributed by atoms with Gasteiger partial charge in [0.15, 0.2) is 0 Å². The van der Waals surface area contributed by atoms with Crippen LogP contribution in [-0.2, 0) is 24.3 Å². The standard InChI is InChI=1S/C16H20N2O6S/c1-4-10(2)14(16(21)24-3)17-13(19)9-18-15(20)11-7-5-6-8-12(11)25(18,22)23/h5-8,10,14H,4,9H2,1-3H3,(H,17,19)/t10-,14+/m0/s1. The first-order valence-corrected chi connectivity index (χ1v) is 9.21. The first-order chi connectivity index (χ1) is 11.7. The quantitative estimate of drug-likeness (QED) is 0.734. The van der Waals surface area contributed by atoms with Crippen molar-refractivity contribution in [2.75, 3.05) is 13.7 Å². The van der Waals surface area contributed by atoms with Crippen LogP contribution in [0.1, 0.15) is 30.6 Å². The number of carbonyl (C=O) groups excluding carboxylic acids is 3. The molecule has 0 spiro atoms. The number of benzene rings is 1. The summed E-state index contributed by atoms with van der Waals surface area (Å²) in [5.74, 6) is -2.34. The minimum atomic E-state index is -4.07. The van der Waals surface area contributed by atoms with Crippen LogP contribution in [-0.4, -0.2) is 50.2 Å². The van der Waals surface area contributed by atoms with Gasteiger partial charge in [-0.05, 0) is 18.1 Å².